The molecule has 1 fully saturated rings. The van der Waals surface area contributed by atoms with Crippen molar-refractivity contribution in [2.45, 2.75) is 38.3 Å². The van der Waals surface area contributed by atoms with Gasteiger partial charge in [0.25, 0.3) is 5.91 Å². The second-order valence-corrected chi connectivity index (χ2v) is 11.3. The zero-order valence-corrected chi connectivity index (χ0v) is 24.8. The van der Waals surface area contributed by atoms with Gasteiger partial charge in [0.05, 0.1) is 19.0 Å². The summed E-state index contributed by atoms with van der Waals surface area (Å²) in [5.41, 5.74) is 3.79. The lowest BCUT2D eigenvalue weighted by molar-refractivity contribution is -0.141. The molecule has 2 aliphatic heterocycles. The molecular weight excluding hydrogens is 558 g/mol. The number of phenols is 1. The predicted octanol–water partition coefficient (Wildman–Crippen LogP) is 2.46. The number of nitrogens with zero attached hydrogens (tertiary/aromatic N) is 2. The van der Waals surface area contributed by atoms with E-state index >= 15 is 0 Å². The van der Waals surface area contributed by atoms with E-state index in [1.54, 1.807) is 30.3 Å². The van der Waals surface area contributed by atoms with Crippen molar-refractivity contribution in [1.82, 2.24) is 25.8 Å². The summed E-state index contributed by atoms with van der Waals surface area (Å²) >= 11 is 0. The van der Waals surface area contributed by atoms with Gasteiger partial charge in [0.15, 0.2) is 0 Å². The second kappa shape index (κ2) is 14.7. The topological polar surface area (TPSA) is 131 Å². The molecule has 0 aromatic heterocycles. The van der Waals surface area contributed by atoms with Crippen molar-refractivity contribution >= 4 is 23.6 Å². The standard InChI is InChI=1S/C34H39N5O5/c40-30-12-11-24-13-15-35-31(41)23-39(17-5-4-14-36-33(43)27-10-6-9-26(20-27)28(30)19-24)32(42)21-29-34(44)37-16-18-38(29)22-25-7-2-1-3-8-25/h1-3,6-12,19-20,29,40H,4-5,13-18,21-23H2,(H,35,41)(H,36,43)(H,37,44). The number of benzene rings is 3. The molecule has 3 aromatic rings. The minimum atomic E-state index is -0.633. The van der Waals surface area contributed by atoms with Crippen LogP contribution in [0.4, 0.5) is 0 Å². The number of fused-ring (bicyclic) bond motifs is 5. The first kappa shape index (κ1) is 30.7. The maximum absolute atomic E-state index is 13.6. The van der Waals surface area contributed by atoms with Gasteiger partial charge in [-0.2, -0.15) is 0 Å². The van der Waals surface area contributed by atoms with Crippen LogP contribution in [0.1, 0.15) is 40.7 Å². The van der Waals surface area contributed by atoms with E-state index in [1.165, 1.54) is 4.90 Å². The average molecular weight is 598 g/mol. The van der Waals surface area contributed by atoms with Crippen molar-refractivity contribution in [2.24, 2.45) is 0 Å². The van der Waals surface area contributed by atoms with Crippen LogP contribution in [0.3, 0.4) is 0 Å². The van der Waals surface area contributed by atoms with Crippen LogP contribution in [0.2, 0.25) is 0 Å². The summed E-state index contributed by atoms with van der Waals surface area (Å²) in [4.78, 5) is 55.9. The highest BCUT2D eigenvalue weighted by molar-refractivity contribution is 5.95. The highest BCUT2D eigenvalue weighted by atomic mass is 16.3. The molecular formula is C34H39N5O5. The van der Waals surface area contributed by atoms with Crippen LogP contribution in [0.15, 0.2) is 72.8 Å². The van der Waals surface area contributed by atoms with Gasteiger partial charge >= 0.3 is 0 Å². The van der Waals surface area contributed by atoms with Crippen molar-refractivity contribution in [1.29, 1.82) is 0 Å². The zero-order chi connectivity index (χ0) is 30.9. The number of phenolic OH excluding ortho intramolecular Hbond substituents is 1. The summed E-state index contributed by atoms with van der Waals surface area (Å²) in [7, 11) is 0. The summed E-state index contributed by atoms with van der Waals surface area (Å²) in [5.74, 6) is -0.857. The first-order valence-corrected chi connectivity index (χ1v) is 15.2. The van der Waals surface area contributed by atoms with E-state index in [1.807, 2.05) is 47.4 Å². The van der Waals surface area contributed by atoms with Crippen LogP contribution in [0, 0.1) is 0 Å². The van der Waals surface area contributed by atoms with E-state index in [-0.39, 0.29) is 42.3 Å². The van der Waals surface area contributed by atoms with Gasteiger partial charge in [-0.25, -0.2) is 0 Å². The lowest BCUT2D eigenvalue weighted by Crippen LogP contribution is -2.56. The molecule has 0 radical (unpaired) electrons. The molecule has 4 amide bonds. The molecule has 3 aromatic carbocycles. The Morgan fingerprint density at radius 2 is 1.64 bits per heavy atom. The molecule has 2 aliphatic rings. The smallest absolute Gasteiger partial charge is 0.251 e. The number of rotatable bonds is 4. The number of hydrogen-bond acceptors (Lipinski definition) is 6. The quantitative estimate of drug-likeness (QED) is 0.366. The molecule has 10 nitrogen and oxygen atoms in total. The number of hydrogen-bond donors (Lipinski definition) is 4. The second-order valence-electron chi connectivity index (χ2n) is 11.3. The van der Waals surface area contributed by atoms with Gasteiger partial charge in [-0.05, 0) is 60.2 Å². The summed E-state index contributed by atoms with van der Waals surface area (Å²) in [5, 5.41) is 19.2. The normalized spacial score (nSPS) is 18.8. The summed E-state index contributed by atoms with van der Waals surface area (Å²) in [6, 6.07) is 21.6. The van der Waals surface area contributed by atoms with Gasteiger partial charge in [0.2, 0.25) is 17.7 Å². The van der Waals surface area contributed by atoms with E-state index in [9.17, 15) is 24.3 Å². The predicted molar refractivity (Wildman–Crippen MR) is 167 cm³/mol. The van der Waals surface area contributed by atoms with Crippen molar-refractivity contribution in [3.05, 3.63) is 89.5 Å². The fourth-order valence-corrected chi connectivity index (χ4v) is 5.68. The number of piperazine rings is 1. The monoisotopic (exact) mass is 597 g/mol. The van der Waals surface area contributed by atoms with E-state index < -0.39 is 6.04 Å². The Kier molecular flexibility index (Phi) is 10.2. The van der Waals surface area contributed by atoms with Crippen LogP contribution >= 0.6 is 0 Å². The van der Waals surface area contributed by atoms with Crippen molar-refractivity contribution in [3.63, 3.8) is 0 Å². The highest BCUT2D eigenvalue weighted by Gasteiger charge is 2.33. The molecule has 4 N–H and O–H groups in total. The molecule has 0 spiro atoms. The summed E-state index contributed by atoms with van der Waals surface area (Å²) < 4.78 is 0. The maximum atomic E-state index is 13.6. The Morgan fingerprint density at radius 3 is 2.48 bits per heavy atom. The largest absolute Gasteiger partial charge is 0.507 e. The van der Waals surface area contributed by atoms with Crippen molar-refractivity contribution in [3.8, 4) is 16.9 Å². The molecule has 1 saturated heterocycles. The molecule has 10 heteroatoms. The first-order chi connectivity index (χ1) is 21.4. The lowest BCUT2D eigenvalue weighted by atomic mass is 9.98. The molecule has 4 bridgehead atoms. The Bertz CT molecular complexity index is 1490. The number of amides is 4. The fraction of sp³-hybridized carbons (Fsp3) is 0.353. The van der Waals surface area contributed by atoms with Gasteiger partial charge in [0.1, 0.15) is 5.75 Å². The number of aromatic hydroxyl groups is 1. The Hall–Kier alpha value is -4.70. The van der Waals surface area contributed by atoms with Gasteiger partial charge in [-0.15, -0.1) is 0 Å². The molecule has 0 saturated carbocycles. The molecule has 2 heterocycles. The molecule has 230 valence electrons. The number of nitrogens with one attached hydrogen (secondary N) is 3. The van der Waals surface area contributed by atoms with Gasteiger partial charge < -0.3 is 26.0 Å². The summed E-state index contributed by atoms with van der Waals surface area (Å²) in [6.07, 6.45) is 1.66. The average Bonchev–Trinajstić information content (AvgIpc) is 3.02. The Morgan fingerprint density at radius 1 is 0.818 bits per heavy atom. The van der Waals surface area contributed by atoms with Crippen molar-refractivity contribution in [2.75, 3.05) is 39.3 Å². The summed E-state index contributed by atoms with van der Waals surface area (Å²) in [6.45, 7) is 2.64. The molecule has 1 atom stereocenters. The zero-order valence-electron chi connectivity index (χ0n) is 24.8. The number of carbonyl (C=O) groups is 4. The van der Waals surface area contributed by atoms with Crippen LogP contribution in [-0.4, -0.2) is 83.8 Å². The van der Waals surface area contributed by atoms with E-state index in [4.69, 9.17) is 0 Å². The van der Waals surface area contributed by atoms with Gasteiger partial charge in [0, 0.05) is 50.4 Å². The third kappa shape index (κ3) is 8.02. The van der Waals surface area contributed by atoms with E-state index in [0.29, 0.717) is 69.7 Å². The highest BCUT2D eigenvalue weighted by Crippen LogP contribution is 2.31. The van der Waals surface area contributed by atoms with Crippen LogP contribution < -0.4 is 16.0 Å². The van der Waals surface area contributed by atoms with Gasteiger partial charge in [-0.3, -0.25) is 24.1 Å². The van der Waals surface area contributed by atoms with Crippen LogP contribution in [0.25, 0.3) is 11.1 Å². The molecule has 44 heavy (non-hydrogen) atoms. The molecule has 0 aliphatic carbocycles. The third-order valence-corrected chi connectivity index (χ3v) is 8.10. The fourth-order valence-electron chi connectivity index (χ4n) is 5.68. The molecule has 1 unspecified atom stereocenters. The van der Waals surface area contributed by atoms with Crippen molar-refractivity contribution < 1.29 is 24.3 Å². The molecule has 5 rings (SSSR count). The first-order valence-electron chi connectivity index (χ1n) is 15.2. The Labute approximate surface area is 257 Å². The van der Waals surface area contributed by atoms with Crippen LogP contribution in [-0.2, 0) is 27.3 Å². The third-order valence-electron chi connectivity index (χ3n) is 8.10. The van der Waals surface area contributed by atoms with Crippen LogP contribution in [0.5, 0.6) is 5.75 Å². The van der Waals surface area contributed by atoms with E-state index in [0.717, 1.165) is 16.7 Å². The minimum absolute atomic E-state index is 0.0324. The maximum Gasteiger partial charge on any atom is 0.251 e. The number of carbonyl (C=O) groups excluding carboxylic acids is 4. The minimum Gasteiger partial charge on any atom is -0.507 e. The van der Waals surface area contributed by atoms with E-state index in [2.05, 4.69) is 16.0 Å². The lowest BCUT2D eigenvalue weighted by Gasteiger charge is -2.35. The van der Waals surface area contributed by atoms with Gasteiger partial charge in [-0.1, -0.05) is 48.5 Å². The Balaban J connectivity index is 1.29. The SMILES string of the molecule is O=C1CN(C(=O)CC2C(=O)NCCN2Cc2ccccc2)CCCCNC(=O)c2cccc(c2)-c2cc(ccc2O)CCN1.